The van der Waals surface area contributed by atoms with Gasteiger partial charge in [0.25, 0.3) is 0 Å². The van der Waals surface area contributed by atoms with Gasteiger partial charge in [0.2, 0.25) is 0 Å². The summed E-state index contributed by atoms with van der Waals surface area (Å²) in [7, 11) is -4.51. The normalized spacial score (nSPS) is 13.3. The molecule has 0 fully saturated rings. The summed E-state index contributed by atoms with van der Waals surface area (Å²) >= 11 is 0. The summed E-state index contributed by atoms with van der Waals surface area (Å²) in [6.07, 6.45) is 4.31. The van der Waals surface area contributed by atoms with Gasteiger partial charge in [0.05, 0.1) is 27.3 Å². The molecule has 0 spiro atoms. The molecule has 11 heteroatoms. The number of unbranched alkanes of at least 4 members (excludes halogenated alkanes) is 6. The van der Waals surface area contributed by atoms with Gasteiger partial charge in [-0.05, 0) is 42.9 Å². The number of benzene rings is 4. The third-order valence-electron chi connectivity index (χ3n) is 13.0. The van der Waals surface area contributed by atoms with Crippen molar-refractivity contribution >= 4 is 58.8 Å². The number of nitrogens with zero attached hydrogens (tertiary/aromatic N) is 1. The maximum Gasteiger partial charge on any atom is 0.417 e. The van der Waals surface area contributed by atoms with Crippen LogP contribution in [0.4, 0.5) is 32.0 Å². The van der Waals surface area contributed by atoms with Crippen LogP contribution in [0.2, 0.25) is 36.3 Å². The molecule has 0 saturated carbocycles. The number of halogens is 6. The van der Waals surface area contributed by atoms with Crippen LogP contribution >= 0.6 is 16.0 Å². The van der Waals surface area contributed by atoms with E-state index in [1.54, 1.807) is 19.2 Å². The molecule has 0 bridgehead atoms. The lowest BCUT2D eigenvalue weighted by atomic mass is 9.99. The Morgan fingerprint density at radius 3 is 1.32 bits per heavy atom. The van der Waals surface area contributed by atoms with Crippen LogP contribution in [0.5, 0.6) is 0 Å². The summed E-state index contributed by atoms with van der Waals surface area (Å²) in [4.78, 5) is 0. The SMILES string of the molecule is CCCC[Si](CCCC)(CCCC)c1ccc(-c2cccc(PP(c3ccccc3C(F)(F)F)N(C)c3ccc([Si](CCCC)(CCCC)CCCC)cc3)c2C(F)(F)F)cc1. The van der Waals surface area contributed by atoms with Crippen LogP contribution in [0.3, 0.4) is 0 Å². The predicted molar refractivity (Wildman–Crippen MR) is 267 cm³/mol. The van der Waals surface area contributed by atoms with Gasteiger partial charge in [0, 0.05) is 25.8 Å². The van der Waals surface area contributed by atoms with Crippen molar-refractivity contribution < 1.29 is 26.3 Å². The van der Waals surface area contributed by atoms with Crippen LogP contribution in [0.15, 0.2) is 91.0 Å². The zero-order chi connectivity index (χ0) is 45.4. The molecule has 0 saturated heterocycles. The first-order valence-corrected chi connectivity index (χ1v) is 31.9. The second-order valence-electron chi connectivity index (χ2n) is 17.5. The van der Waals surface area contributed by atoms with E-state index in [4.69, 9.17) is 0 Å². The third kappa shape index (κ3) is 13.6. The second-order valence-corrected chi connectivity index (χ2v) is 31.2. The van der Waals surface area contributed by atoms with Gasteiger partial charge in [-0.3, -0.25) is 0 Å². The van der Waals surface area contributed by atoms with E-state index in [0.29, 0.717) is 5.56 Å². The lowest BCUT2D eigenvalue weighted by Gasteiger charge is -2.35. The number of anilines is 1. The zero-order valence-electron chi connectivity index (χ0n) is 38.6. The number of rotatable bonds is 26. The Balaban J connectivity index is 1.85. The van der Waals surface area contributed by atoms with Gasteiger partial charge >= 0.3 is 12.4 Å². The Morgan fingerprint density at radius 2 is 0.919 bits per heavy atom. The molecule has 0 aromatic heterocycles. The van der Waals surface area contributed by atoms with Crippen LogP contribution in [-0.4, -0.2) is 23.2 Å². The van der Waals surface area contributed by atoms with Gasteiger partial charge in [-0.2, -0.15) is 26.3 Å². The van der Waals surface area contributed by atoms with E-state index in [-0.39, 0.29) is 16.2 Å². The van der Waals surface area contributed by atoms with Crippen LogP contribution in [-0.2, 0) is 12.4 Å². The molecule has 1 nitrogen and oxygen atoms in total. The fraction of sp³-hybridized carbons (Fsp3) is 0.529. The van der Waals surface area contributed by atoms with Gasteiger partial charge < -0.3 is 4.67 Å². The largest absolute Gasteiger partial charge is 0.417 e. The van der Waals surface area contributed by atoms with Crippen molar-refractivity contribution in [3.63, 3.8) is 0 Å². The number of hydrogen-bond donors (Lipinski definition) is 0. The van der Waals surface area contributed by atoms with Crippen LogP contribution in [0.1, 0.15) is 130 Å². The molecule has 62 heavy (non-hydrogen) atoms. The second kappa shape index (κ2) is 24.7. The van der Waals surface area contributed by atoms with E-state index in [0.717, 1.165) is 69.5 Å². The molecule has 0 amide bonds. The molecule has 2 atom stereocenters. The zero-order valence-corrected chi connectivity index (χ0v) is 42.4. The highest BCUT2D eigenvalue weighted by atomic mass is 32.1. The molecule has 4 rings (SSSR count). The average Bonchev–Trinajstić information content (AvgIpc) is 3.27. The molecule has 0 N–H and O–H groups in total. The molecule has 0 aliphatic heterocycles. The maximum atomic E-state index is 15.6. The number of hydrogen-bond acceptors (Lipinski definition) is 1. The molecule has 0 radical (unpaired) electrons. The summed E-state index contributed by atoms with van der Waals surface area (Å²) in [5.74, 6) is 0. The van der Waals surface area contributed by atoms with E-state index < -0.39 is 55.7 Å². The van der Waals surface area contributed by atoms with E-state index in [2.05, 4.69) is 65.8 Å². The molecule has 4 aromatic rings. The highest BCUT2D eigenvalue weighted by Gasteiger charge is 2.41. The molecular weight excluding hydrogens is 859 g/mol. The molecule has 0 aliphatic rings. The topological polar surface area (TPSA) is 3.24 Å². The third-order valence-corrected chi connectivity index (χ3v) is 29.5. The monoisotopic (exact) mass is 931 g/mol. The van der Waals surface area contributed by atoms with Crippen molar-refractivity contribution in [3.05, 3.63) is 102 Å². The van der Waals surface area contributed by atoms with E-state index in [1.165, 1.54) is 90.2 Å². The van der Waals surface area contributed by atoms with E-state index in [9.17, 15) is 13.2 Å². The molecule has 2 unspecified atom stereocenters. The molecule has 0 aliphatic carbocycles. The highest BCUT2D eigenvalue weighted by Crippen LogP contribution is 2.60. The number of alkyl halides is 6. The molecule has 0 heterocycles. The van der Waals surface area contributed by atoms with Crippen molar-refractivity contribution in [2.45, 2.75) is 167 Å². The predicted octanol–water partition coefficient (Wildman–Crippen LogP) is 16.6. The van der Waals surface area contributed by atoms with Crippen molar-refractivity contribution in [2.75, 3.05) is 11.7 Å². The summed E-state index contributed by atoms with van der Waals surface area (Å²) in [6, 6.07) is 33.7. The average molecular weight is 932 g/mol. The van der Waals surface area contributed by atoms with Gasteiger partial charge in [-0.15, -0.1) is 0 Å². The highest BCUT2D eigenvalue weighted by molar-refractivity contribution is 8.28. The van der Waals surface area contributed by atoms with Gasteiger partial charge in [-0.1, -0.05) is 238 Å². The summed E-state index contributed by atoms with van der Waals surface area (Å²) in [6.45, 7) is 13.4. The molecule has 4 aromatic carbocycles. The quantitative estimate of drug-likeness (QED) is 0.0345. The Kier molecular flexibility index (Phi) is 20.8. The summed E-state index contributed by atoms with van der Waals surface area (Å²) in [5, 5.41) is 2.77. The fourth-order valence-corrected chi connectivity index (χ4v) is 25.9. The first kappa shape index (κ1) is 52.2. The lowest BCUT2D eigenvalue weighted by molar-refractivity contribution is -0.137. The van der Waals surface area contributed by atoms with Crippen molar-refractivity contribution in [1.29, 1.82) is 0 Å². The van der Waals surface area contributed by atoms with Gasteiger partial charge in [0.1, 0.15) is 0 Å². The van der Waals surface area contributed by atoms with Gasteiger partial charge in [-0.25, -0.2) is 0 Å². The standard InChI is InChI=1S/C51H73F6NP2Si2/c1-8-14-35-61(36-15-9-2,37-16-10-3)43-31-27-41(28-32-43)45-23-22-25-47(49(45)51(55,56)57)59-60(48-26-21-20-24-46(48)50(52,53)54)58(7)42-29-33-44(34-30-42)62(38-17-11-4,39-18-12-5)40-19-13-6/h20-34,59H,8-19,35-40H2,1-7H3. The van der Waals surface area contributed by atoms with Crippen LogP contribution < -0.4 is 25.7 Å². The van der Waals surface area contributed by atoms with E-state index >= 15 is 13.2 Å². The van der Waals surface area contributed by atoms with Crippen molar-refractivity contribution in [3.8, 4) is 11.1 Å². The molecular formula is C51H73F6NP2Si2. The lowest BCUT2D eigenvalue weighted by Crippen LogP contribution is -2.47. The Bertz CT molecular complexity index is 1870. The van der Waals surface area contributed by atoms with Crippen LogP contribution in [0.25, 0.3) is 11.1 Å². The Labute approximate surface area is 375 Å². The van der Waals surface area contributed by atoms with Gasteiger partial charge in [0.15, 0.2) is 0 Å². The van der Waals surface area contributed by atoms with Crippen molar-refractivity contribution in [1.82, 2.24) is 0 Å². The maximum absolute atomic E-state index is 15.6. The smallest absolute Gasteiger partial charge is 0.346 e. The first-order chi connectivity index (χ1) is 29.6. The fourth-order valence-electron chi connectivity index (χ4n) is 9.36. The Morgan fingerprint density at radius 1 is 0.500 bits per heavy atom. The Hall–Kier alpha value is -2.45. The minimum absolute atomic E-state index is 0.0351. The minimum Gasteiger partial charge on any atom is -0.346 e. The molecule has 342 valence electrons. The van der Waals surface area contributed by atoms with Crippen LogP contribution in [0, 0.1) is 0 Å². The summed E-state index contributed by atoms with van der Waals surface area (Å²) < 4.78 is 93.0. The first-order valence-electron chi connectivity index (χ1n) is 23.5. The van der Waals surface area contributed by atoms with E-state index in [1.807, 2.05) is 28.9 Å². The van der Waals surface area contributed by atoms with Crippen molar-refractivity contribution in [2.24, 2.45) is 0 Å². The summed E-state index contributed by atoms with van der Waals surface area (Å²) in [5.41, 5.74) is -0.263. The minimum atomic E-state index is -4.73.